The fraction of sp³-hybridized carbons (Fsp3) is 0.571. The summed E-state index contributed by atoms with van der Waals surface area (Å²) in [5.41, 5.74) is 0. The molecule has 0 saturated heterocycles. The molecule has 1 aromatic rings. The molecule has 0 aliphatic heterocycles. The van der Waals surface area contributed by atoms with Gasteiger partial charge >= 0.3 is 0 Å². The molecule has 0 radical (unpaired) electrons. The number of hydrogen-bond donors (Lipinski definition) is 1. The topological polar surface area (TPSA) is 29.5 Å². The van der Waals surface area contributed by atoms with Gasteiger partial charge in [-0.2, -0.15) is 0 Å². The van der Waals surface area contributed by atoms with Gasteiger partial charge in [-0.05, 0) is 37.0 Å². The zero-order valence-corrected chi connectivity index (χ0v) is 10.7. The molecule has 1 aliphatic carbocycles. The molecule has 0 bridgehead atoms. The van der Waals surface area contributed by atoms with Crippen molar-refractivity contribution in [2.24, 2.45) is 11.8 Å². The minimum absolute atomic E-state index is 0.214. The second-order valence-electron chi connectivity index (χ2n) is 4.76. The van der Waals surface area contributed by atoms with Crippen LogP contribution in [0.5, 0.6) is 5.75 Å². The van der Waals surface area contributed by atoms with E-state index in [0.717, 1.165) is 5.75 Å². The normalized spacial score (nSPS) is 18.2. The van der Waals surface area contributed by atoms with E-state index in [1.807, 2.05) is 24.3 Å². The van der Waals surface area contributed by atoms with Gasteiger partial charge in [0, 0.05) is 17.5 Å². The van der Waals surface area contributed by atoms with E-state index in [1.54, 1.807) is 0 Å². The quantitative estimate of drug-likeness (QED) is 0.871. The van der Waals surface area contributed by atoms with Crippen LogP contribution in [0.1, 0.15) is 25.7 Å². The maximum Gasteiger partial charge on any atom is 0.120 e. The molecule has 0 aromatic heterocycles. The standard InChI is InChI=1S/C14H19ClO2/c15-13-6-3-7-14(8-13)17-10-12(9-16)11-4-1-2-5-11/h3,6-8,11-12,16H,1-2,4-5,9-10H2. The minimum Gasteiger partial charge on any atom is -0.493 e. The Hall–Kier alpha value is -0.730. The summed E-state index contributed by atoms with van der Waals surface area (Å²) in [6.07, 6.45) is 5.03. The van der Waals surface area contributed by atoms with Crippen LogP contribution in [0.2, 0.25) is 5.02 Å². The summed E-state index contributed by atoms with van der Waals surface area (Å²) in [5.74, 6) is 1.67. The lowest BCUT2D eigenvalue weighted by Gasteiger charge is -2.21. The van der Waals surface area contributed by atoms with Crippen LogP contribution >= 0.6 is 11.6 Å². The monoisotopic (exact) mass is 254 g/mol. The van der Waals surface area contributed by atoms with E-state index in [9.17, 15) is 5.11 Å². The van der Waals surface area contributed by atoms with Crippen molar-refractivity contribution in [1.29, 1.82) is 0 Å². The highest BCUT2D eigenvalue weighted by Gasteiger charge is 2.24. The Balaban J connectivity index is 1.87. The van der Waals surface area contributed by atoms with Crippen molar-refractivity contribution in [1.82, 2.24) is 0 Å². The first-order valence-corrected chi connectivity index (χ1v) is 6.66. The maximum atomic E-state index is 9.41. The smallest absolute Gasteiger partial charge is 0.120 e. The third-order valence-corrected chi connectivity index (χ3v) is 3.80. The van der Waals surface area contributed by atoms with Crippen molar-refractivity contribution in [3.05, 3.63) is 29.3 Å². The predicted molar refractivity (Wildman–Crippen MR) is 69.5 cm³/mol. The van der Waals surface area contributed by atoms with Crippen LogP contribution in [-0.2, 0) is 0 Å². The summed E-state index contributed by atoms with van der Waals surface area (Å²) in [5, 5.41) is 10.1. The van der Waals surface area contributed by atoms with Crippen LogP contribution in [0.25, 0.3) is 0 Å². The number of rotatable bonds is 5. The van der Waals surface area contributed by atoms with Crippen LogP contribution in [0.3, 0.4) is 0 Å². The molecule has 1 fully saturated rings. The third kappa shape index (κ3) is 3.62. The average Bonchev–Trinajstić information content (AvgIpc) is 2.84. The number of ether oxygens (including phenoxy) is 1. The first-order valence-electron chi connectivity index (χ1n) is 6.29. The highest BCUT2D eigenvalue weighted by molar-refractivity contribution is 6.30. The van der Waals surface area contributed by atoms with E-state index in [-0.39, 0.29) is 12.5 Å². The number of aliphatic hydroxyl groups excluding tert-OH is 1. The predicted octanol–water partition coefficient (Wildman–Crippen LogP) is 3.52. The molecule has 2 rings (SSSR count). The van der Waals surface area contributed by atoms with Crippen LogP contribution in [0.4, 0.5) is 0 Å². The summed E-state index contributed by atoms with van der Waals surface area (Å²) in [4.78, 5) is 0. The van der Waals surface area contributed by atoms with E-state index < -0.39 is 0 Å². The summed E-state index contributed by atoms with van der Waals surface area (Å²) in [7, 11) is 0. The molecule has 1 N–H and O–H groups in total. The Bertz CT molecular complexity index is 348. The number of hydrogen-bond acceptors (Lipinski definition) is 2. The van der Waals surface area contributed by atoms with Gasteiger partial charge < -0.3 is 9.84 Å². The summed E-state index contributed by atoms with van der Waals surface area (Å²) >= 11 is 5.89. The summed E-state index contributed by atoms with van der Waals surface area (Å²) in [6.45, 7) is 0.798. The Morgan fingerprint density at radius 2 is 2.12 bits per heavy atom. The van der Waals surface area contributed by atoms with Crippen molar-refractivity contribution in [2.75, 3.05) is 13.2 Å². The van der Waals surface area contributed by atoms with Gasteiger partial charge in [0.1, 0.15) is 5.75 Å². The number of benzene rings is 1. The molecule has 1 saturated carbocycles. The highest BCUT2D eigenvalue weighted by Crippen LogP contribution is 2.31. The van der Waals surface area contributed by atoms with E-state index in [2.05, 4.69) is 0 Å². The molecule has 2 nitrogen and oxygen atoms in total. The molecular formula is C14H19ClO2. The van der Waals surface area contributed by atoms with Crippen molar-refractivity contribution in [3.63, 3.8) is 0 Å². The molecule has 0 heterocycles. The van der Waals surface area contributed by atoms with Gasteiger partial charge in [-0.25, -0.2) is 0 Å². The molecule has 1 atom stereocenters. The van der Waals surface area contributed by atoms with E-state index >= 15 is 0 Å². The lowest BCUT2D eigenvalue weighted by molar-refractivity contribution is 0.119. The Kier molecular flexibility index (Phi) is 4.69. The minimum atomic E-state index is 0.214. The molecule has 0 spiro atoms. The van der Waals surface area contributed by atoms with Gasteiger partial charge in [0.05, 0.1) is 6.61 Å². The molecule has 17 heavy (non-hydrogen) atoms. The molecule has 1 aliphatic rings. The van der Waals surface area contributed by atoms with Gasteiger partial charge in [-0.15, -0.1) is 0 Å². The Labute approximate surface area is 108 Å². The van der Waals surface area contributed by atoms with Crippen LogP contribution < -0.4 is 4.74 Å². The third-order valence-electron chi connectivity index (χ3n) is 3.56. The van der Waals surface area contributed by atoms with Gasteiger partial charge in [0.25, 0.3) is 0 Å². The summed E-state index contributed by atoms with van der Waals surface area (Å²) < 4.78 is 5.71. The van der Waals surface area contributed by atoms with Gasteiger partial charge in [-0.1, -0.05) is 30.5 Å². The first kappa shape index (κ1) is 12.7. The van der Waals surface area contributed by atoms with Crippen molar-refractivity contribution >= 4 is 11.6 Å². The van der Waals surface area contributed by atoms with Crippen molar-refractivity contribution in [2.45, 2.75) is 25.7 Å². The summed E-state index contributed by atoms with van der Waals surface area (Å²) in [6, 6.07) is 7.41. The van der Waals surface area contributed by atoms with Gasteiger partial charge in [0.2, 0.25) is 0 Å². The molecule has 3 heteroatoms. The second kappa shape index (κ2) is 6.27. The average molecular weight is 255 g/mol. The first-order chi connectivity index (χ1) is 8.29. The van der Waals surface area contributed by atoms with Gasteiger partial charge in [-0.3, -0.25) is 0 Å². The van der Waals surface area contributed by atoms with Crippen molar-refractivity contribution in [3.8, 4) is 5.75 Å². The SMILES string of the molecule is OCC(COc1cccc(Cl)c1)C1CCCC1. The maximum absolute atomic E-state index is 9.41. The molecule has 0 amide bonds. The van der Waals surface area contributed by atoms with E-state index in [4.69, 9.17) is 16.3 Å². The second-order valence-corrected chi connectivity index (χ2v) is 5.19. The Morgan fingerprint density at radius 1 is 1.35 bits per heavy atom. The lowest BCUT2D eigenvalue weighted by atomic mass is 9.92. The molecule has 94 valence electrons. The molecular weight excluding hydrogens is 236 g/mol. The van der Waals surface area contributed by atoms with E-state index in [0.29, 0.717) is 17.5 Å². The largest absolute Gasteiger partial charge is 0.493 e. The Morgan fingerprint density at radius 3 is 2.76 bits per heavy atom. The van der Waals surface area contributed by atoms with Gasteiger partial charge in [0.15, 0.2) is 0 Å². The van der Waals surface area contributed by atoms with Crippen LogP contribution in [0, 0.1) is 11.8 Å². The zero-order valence-electron chi connectivity index (χ0n) is 9.94. The molecule has 1 aromatic carbocycles. The molecule has 1 unspecified atom stereocenters. The van der Waals surface area contributed by atoms with Crippen LogP contribution in [-0.4, -0.2) is 18.3 Å². The lowest BCUT2D eigenvalue weighted by Crippen LogP contribution is -2.23. The number of aliphatic hydroxyl groups is 1. The fourth-order valence-electron chi connectivity index (χ4n) is 2.53. The van der Waals surface area contributed by atoms with Crippen LogP contribution in [0.15, 0.2) is 24.3 Å². The van der Waals surface area contributed by atoms with E-state index in [1.165, 1.54) is 25.7 Å². The highest BCUT2D eigenvalue weighted by atomic mass is 35.5. The zero-order chi connectivity index (χ0) is 12.1. The van der Waals surface area contributed by atoms with Crippen molar-refractivity contribution < 1.29 is 9.84 Å². The number of halogens is 1. The fourth-order valence-corrected chi connectivity index (χ4v) is 2.71.